The van der Waals surface area contributed by atoms with Crippen molar-refractivity contribution in [2.24, 2.45) is 0 Å². The van der Waals surface area contributed by atoms with E-state index in [9.17, 15) is 4.79 Å². The molecule has 2 fully saturated rings. The molecule has 154 valence electrons. The number of hydrogen-bond donors (Lipinski definition) is 0. The van der Waals surface area contributed by atoms with Crippen molar-refractivity contribution in [2.45, 2.75) is 43.9 Å². The number of pyridine rings is 1. The Bertz CT molecular complexity index is 834. The molecule has 2 aromatic rings. The van der Waals surface area contributed by atoms with Gasteiger partial charge in [0.2, 0.25) is 5.75 Å². The highest BCUT2D eigenvalue weighted by Crippen LogP contribution is 2.41. The minimum Gasteiger partial charge on any atom is -0.493 e. The lowest BCUT2D eigenvalue weighted by molar-refractivity contribution is 0.0358. The van der Waals surface area contributed by atoms with Crippen molar-refractivity contribution < 1.29 is 23.7 Å². The Labute approximate surface area is 170 Å². The highest BCUT2D eigenvalue weighted by atomic mass is 16.5. The van der Waals surface area contributed by atoms with E-state index in [1.165, 1.54) is 0 Å². The fourth-order valence-electron chi connectivity index (χ4n) is 4.52. The van der Waals surface area contributed by atoms with Gasteiger partial charge < -0.3 is 23.8 Å². The third kappa shape index (κ3) is 3.69. The van der Waals surface area contributed by atoms with Gasteiger partial charge in [-0.05, 0) is 37.1 Å². The number of rotatable bonds is 6. The minimum atomic E-state index is -0.000820. The number of fused-ring (bicyclic) bond motifs is 2. The fraction of sp³-hybridized carbons (Fsp3) is 0.455. The van der Waals surface area contributed by atoms with Gasteiger partial charge in [0.1, 0.15) is 11.9 Å². The normalized spacial score (nSPS) is 22.9. The van der Waals surface area contributed by atoms with E-state index in [0.717, 1.165) is 31.4 Å². The van der Waals surface area contributed by atoms with E-state index in [4.69, 9.17) is 18.9 Å². The summed E-state index contributed by atoms with van der Waals surface area (Å²) in [6.45, 7) is 0. The zero-order valence-corrected chi connectivity index (χ0v) is 17.0. The van der Waals surface area contributed by atoms with Crippen LogP contribution in [-0.4, -0.2) is 55.3 Å². The molecule has 1 aromatic heterocycles. The average molecular weight is 398 g/mol. The lowest BCUT2D eigenvalue weighted by atomic mass is 9.98. The second kappa shape index (κ2) is 8.19. The number of carbonyl (C=O) groups excluding carboxylic acids is 1. The molecule has 0 saturated carbocycles. The molecule has 0 radical (unpaired) electrons. The lowest BCUT2D eigenvalue weighted by Crippen LogP contribution is -2.49. The summed E-state index contributed by atoms with van der Waals surface area (Å²) in [5.74, 6) is 2.28. The predicted molar refractivity (Wildman–Crippen MR) is 107 cm³/mol. The number of methoxy groups -OCH3 is 3. The minimum absolute atomic E-state index is 0.000820. The standard InChI is InChI=1S/C22H26N2O5/c1-26-19-10-14(11-20(27-2)21(19)28-3)22(25)24-15-4-5-16(24)13-18(12-15)29-17-6-8-23-9-7-17/h6-11,15-16,18H,4-5,12-13H2,1-3H3. The van der Waals surface area contributed by atoms with Gasteiger partial charge in [-0.1, -0.05) is 0 Å². The summed E-state index contributed by atoms with van der Waals surface area (Å²) in [4.78, 5) is 19.4. The topological polar surface area (TPSA) is 70.1 Å². The first kappa shape index (κ1) is 19.4. The molecule has 7 heteroatoms. The predicted octanol–water partition coefficient (Wildman–Crippen LogP) is 3.32. The van der Waals surface area contributed by atoms with Gasteiger partial charge in [0, 0.05) is 42.9 Å². The summed E-state index contributed by atoms with van der Waals surface area (Å²) in [5.41, 5.74) is 0.546. The first-order valence-electron chi connectivity index (χ1n) is 9.84. The van der Waals surface area contributed by atoms with Crippen molar-refractivity contribution in [3.05, 3.63) is 42.2 Å². The molecule has 0 aliphatic carbocycles. The van der Waals surface area contributed by atoms with Crippen molar-refractivity contribution in [3.63, 3.8) is 0 Å². The Morgan fingerprint density at radius 1 is 0.966 bits per heavy atom. The molecule has 2 aliphatic rings. The molecule has 2 aliphatic heterocycles. The third-order valence-corrected chi connectivity index (χ3v) is 5.79. The van der Waals surface area contributed by atoms with Crippen LogP contribution < -0.4 is 18.9 Å². The van der Waals surface area contributed by atoms with Gasteiger partial charge in [-0.2, -0.15) is 0 Å². The maximum absolute atomic E-state index is 13.4. The van der Waals surface area contributed by atoms with Crippen LogP contribution in [0.2, 0.25) is 0 Å². The average Bonchev–Trinajstić information content (AvgIpc) is 3.03. The summed E-state index contributed by atoms with van der Waals surface area (Å²) in [7, 11) is 4.66. The van der Waals surface area contributed by atoms with Crippen LogP contribution in [0.1, 0.15) is 36.0 Å². The van der Waals surface area contributed by atoms with Crippen LogP contribution in [-0.2, 0) is 0 Å². The van der Waals surface area contributed by atoms with Crippen LogP contribution in [0.4, 0.5) is 0 Å². The maximum atomic E-state index is 13.4. The number of hydrogen-bond acceptors (Lipinski definition) is 6. The summed E-state index contributed by atoms with van der Waals surface area (Å²) in [5, 5.41) is 0. The Morgan fingerprint density at radius 3 is 2.07 bits per heavy atom. The number of carbonyl (C=O) groups is 1. The van der Waals surface area contributed by atoms with Crippen LogP contribution in [0.25, 0.3) is 0 Å². The largest absolute Gasteiger partial charge is 0.493 e. The van der Waals surface area contributed by atoms with Crippen LogP contribution in [0.5, 0.6) is 23.0 Å². The third-order valence-electron chi connectivity index (χ3n) is 5.79. The highest BCUT2D eigenvalue weighted by Gasteiger charge is 2.44. The SMILES string of the molecule is COc1cc(C(=O)N2C3CCC2CC(Oc2ccncc2)C3)cc(OC)c1OC. The van der Waals surface area contributed by atoms with Gasteiger partial charge in [-0.15, -0.1) is 0 Å². The molecule has 29 heavy (non-hydrogen) atoms. The van der Waals surface area contributed by atoms with Gasteiger partial charge in [0.05, 0.1) is 21.3 Å². The van der Waals surface area contributed by atoms with Crippen molar-refractivity contribution >= 4 is 5.91 Å². The fourth-order valence-corrected chi connectivity index (χ4v) is 4.52. The van der Waals surface area contributed by atoms with Crippen molar-refractivity contribution in [1.82, 2.24) is 9.88 Å². The van der Waals surface area contributed by atoms with Crippen LogP contribution in [0.3, 0.4) is 0 Å². The van der Waals surface area contributed by atoms with Crippen molar-refractivity contribution in [3.8, 4) is 23.0 Å². The molecule has 2 unspecified atom stereocenters. The summed E-state index contributed by atoms with van der Waals surface area (Å²) in [6.07, 6.45) is 7.22. The van der Waals surface area contributed by atoms with E-state index in [-0.39, 0.29) is 24.1 Å². The number of aromatic nitrogens is 1. The number of piperidine rings is 1. The summed E-state index contributed by atoms with van der Waals surface area (Å²) in [6, 6.07) is 7.54. The monoisotopic (exact) mass is 398 g/mol. The van der Waals surface area contributed by atoms with Gasteiger partial charge in [-0.3, -0.25) is 9.78 Å². The molecule has 1 amide bonds. The van der Waals surface area contributed by atoms with Crippen molar-refractivity contribution in [1.29, 1.82) is 0 Å². The van der Waals surface area contributed by atoms with Crippen molar-refractivity contribution in [2.75, 3.05) is 21.3 Å². The maximum Gasteiger partial charge on any atom is 0.254 e. The molecule has 0 spiro atoms. The second-order valence-corrected chi connectivity index (χ2v) is 7.41. The van der Waals surface area contributed by atoms with Gasteiger partial charge in [-0.25, -0.2) is 0 Å². The van der Waals surface area contributed by atoms with E-state index >= 15 is 0 Å². The first-order valence-corrected chi connectivity index (χ1v) is 9.84. The van der Waals surface area contributed by atoms with Crippen LogP contribution >= 0.6 is 0 Å². The van der Waals surface area contributed by atoms with Gasteiger partial charge >= 0.3 is 0 Å². The summed E-state index contributed by atoms with van der Waals surface area (Å²) >= 11 is 0. The Balaban J connectivity index is 1.53. The zero-order valence-electron chi connectivity index (χ0n) is 17.0. The first-order chi connectivity index (χ1) is 14.1. The summed E-state index contributed by atoms with van der Waals surface area (Å²) < 4.78 is 22.3. The molecule has 2 bridgehead atoms. The molecular weight excluding hydrogens is 372 g/mol. The van der Waals surface area contributed by atoms with E-state index in [0.29, 0.717) is 22.8 Å². The molecule has 0 N–H and O–H groups in total. The lowest BCUT2D eigenvalue weighted by Gasteiger charge is -2.39. The Hall–Kier alpha value is -2.96. The van der Waals surface area contributed by atoms with Gasteiger partial charge in [0.15, 0.2) is 11.5 Å². The molecule has 7 nitrogen and oxygen atoms in total. The van der Waals surface area contributed by atoms with E-state index in [2.05, 4.69) is 4.98 Å². The van der Waals surface area contributed by atoms with E-state index < -0.39 is 0 Å². The number of benzene rings is 1. The van der Waals surface area contributed by atoms with Gasteiger partial charge in [0.25, 0.3) is 5.91 Å². The molecule has 4 rings (SSSR count). The molecule has 3 heterocycles. The smallest absolute Gasteiger partial charge is 0.254 e. The molecule has 2 saturated heterocycles. The zero-order chi connectivity index (χ0) is 20.4. The molecule has 2 atom stereocenters. The second-order valence-electron chi connectivity index (χ2n) is 7.41. The van der Waals surface area contributed by atoms with Crippen LogP contribution in [0.15, 0.2) is 36.7 Å². The molecule has 1 aromatic carbocycles. The number of nitrogens with zero attached hydrogens (tertiary/aromatic N) is 2. The Morgan fingerprint density at radius 2 is 1.55 bits per heavy atom. The number of amides is 1. The Kier molecular flexibility index (Phi) is 5.47. The highest BCUT2D eigenvalue weighted by molar-refractivity contribution is 5.96. The van der Waals surface area contributed by atoms with Crippen LogP contribution in [0, 0.1) is 0 Å². The van der Waals surface area contributed by atoms with E-state index in [1.807, 2.05) is 17.0 Å². The van der Waals surface area contributed by atoms with E-state index in [1.54, 1.807) is 45.9 Å². The molecular formula is C22H26N2O5. The number of ether oxygens (including phenoxy) is 4. The quantitative estimate of drug-likeness (QED) is 0.744.